The third kappa shape index (κ3) is 6.23. The Bertz CT molecular complexity index is 962. The quantitative estimate of drug-likeness (QED) is 0.229. The maximum atomic E-state index is 3.95. The van der Waals surface area contributed by atoms with Crippen molar-refractivity contribution in [3.8, 4) is 0 Å². The lowest BCUT2D eigenvalue weighted by Crippen LogP contribution is -2.46. The van der Waals surface area contributed by atoms with Crippen LogP contribution in [0.1, 0.15) is 50.2 Å². The molecule has 1 fully saturated rings. The molecule has 0 amide bonds. The normalized spacial score (nSPS) is 16.6. The Morgan fingerprint density at radius 3 is 2.39 bits per heavy atom. The molecule has 2 aliphatic heterocycles. The number of piperazine rings is 1. The average molecular weight is 443 g/mol. The van der Waals surface area contributed by atoms with E-state index in [9.17, 15) is 0 Å². The molecule has 0 saturated carbocycles. The minimum Gasteiger partial charge on any atom is -0.369 e. The van der Waals surface area contributed by atoms with Crippen molar-refractivity contribution in [2.75, 3.05) is 44.2 Å². The minimum atomic E-state index is 0.848. The Morgan fingerprint density at radius 2 is 1.64 bits per heavy atom. The number of para-hydroxylation sites is 1. The fraction of sp³-hybridized carbons (Fsp3) is 0.433. The van der Waals surface area contributed by atoms with Crippen molar-refractivity contribution in [3.05, 3.63) is 78.4 Å². The Labute approximate surface area is 200 Å². The number of fused-ring (bicyclic) bond motifs is 1. The molecule has 0 unspecified atom stereocenters. The topological polar surface area (TPSA) is 9.49 Å². The van der Waals surface area contributed by atoms with Crippen LogP contribution in [-0.2, 0) is 6.42 Å². The van der Waals surface area contributed by atoms with E-state index in [1.807, 2.05) is 6.08 Å². The third-order valence-electron chi connectivity index (χ3n) is 6.99. The summed E-state index contributed by atoms with van der Waals surface area (Å²) in [5.74, 6) is 0. The Kier molecular flexibility index (Phi) is 8.54. The van der Waals surface area contributed by atoms with E-state index in [1.165, 1.54) is 80.0 Å². The molecular weight excluding hydrogens is 402 g/mol. The van der Waals surface area contributed by atoms with Crippen molar-refractivity contribution in [1.82, 2.24) is 4.90 Å². The summed E-state index contributed by atoms with van der Waals surface area (Å²) >= 11 is 0. The van der Waals surface area contributed by atoms with Crippen molar-refractivity contribution < 1.29 is 4.58 Å². The first-order valence-electron chi connectivity index (χ1n) is 12.9. The summed E-state index contributed by atoms with van der Waals surface area (Å²) in [7, 11) is 0. The van der Waals surface area contributed by atoms with Gasteiger partial charge >= 0.3 is 0 Å². The predicted molar refractivity (Wildman–Crippen MR) is 143 cm³/mol. The minimum absolute atomic E-state index is 0.848. The van der Waals surface area contributed by atoms with E-state index in [4.69, 9.17) is 0 Å². The van der Waals surface area contributed by atoms with Crippen molar-refractivity contribution in [3.63, 3.8) is 0 Å². The maximum Gasteiger partial charge on any atom is 0.209 e. The van der Waals surface area contributed by atoms with E-state index in [2.05, 4.69) is 88.6 Å². The van der Waals surface area contributed by atoms with Gasteiger partial charge in [-0.05, 0) is 42.8 Å². The number of unbranched alkanes of at least 4 members (excludes halogenated alkanes) is 4. The van der Waals surface area contributed by atoms with Gasteiger partial charge in [-0.25, -0.2) is 0 Å². The average Bonchev–Trinajstić information content (AvgIpc) is 3.21. The van der Waals surface area contributed by atoms with E-state index in [-0.39, 0.29) is 0 Å². The second kappa shape index (κ2) is 12.0. The molecule has 3 nitrogen and oxygen atoms in total. The molecule has 1 saturated heterocycles. The molecule has 0 aliphatic carbocycles. The first kappa shape index (κ1) is 23.5. The zero-order valence-corrected chi connectivity index (χ0v) is 20.4. The molecule has 0 aromatic heterocycles. The van der Waals surface area contributed by atoms with Gasteiger partial charge < -0.3 is 4.90 Å². The van der Waals surface area contributed by atoms with Crippen LogP contribution in [0.4, 0.5) is 11.4 Å². The molecule has 2 aromatic carbocycles. The number of anilines is 1. The number of hydrogen-bond donors (Lipinski definition) is 0. The van der Waals surface area contributed by atoms with E-state index >= 15 is 0 Å². The van der Waals surface area contributed by atoms with Gasteiger partial charge in [0.05, 0.1) is 6.42 Å². The first-order valence-corrected chi connectivity index (χ1v) is 12.9. The SMILES string of the molecule is C=CC[N+]1=C(/C=C/c2ccc(N3CCN(CCCCCCC)CC3)cc2)Cc2ccccc21. The van der Waals surface area contributed by atoms with Crippen LogP contribution >= 0.6 is 0 Å². The van der Waals surface area contributed by atoms with Crippen LogP contribution in [0, 0.1) is 0 Å². The lowest BCUT2D eigenvalue weighted by atomic mass is 10.1. The van der Waals surface area contributed by atoms with Crippen molar-refractivity contribution >= 4 is 23.2 Å². The third-order valence-corrected chi connectivity index (χ3v) is 6.99. The van der Waals surface area contributed by atoms with Crippen LogP contribution in [0.2, 0.25) is 0 Å². The lowest BCUT2D eigenvalue weighted by molar-refractivity contribution is -0.424. The Morgan fingerprint density at radius 1 is 0.879 bits per heavy atom. The molecule has 2 heterocycles. The molecule has 0 spiro atoms. The van der Waals surface area contributed by atoms with Gasteiger partial charge in [0, 0.05) is 49.6 Å². The fourth-order valence-electron chi connectivity index (χ4n) is 5.02. The summed E-state index contributed by atoms with van der Waals surface area (Å²) in [6.45, 7) is 13.0. The predicted octanol–water partition coefficient (Wildman–Crippen LogP) is 6.32. The second-order valence-corrected chi connectivity index (χ2v) is 9.36. The van der Waals surface area contributed by atoms with E-state index in [0.717, 1.165) is 26.1 Å². The highest BCUT2D eigenvalue weighted by Gasteiger charge is 2.26. The molecular formula is C30H40N3+. The van der Waals surface area contributed by atoms with Crippen LogP contribution in [0.5, 0.6) is 0 Å². The number of rotatable bonds is 11. The Balaban J connectivity index is 1.30. The zero-order valence-electron chi connectivity index (χ0n) is 20.4. The summed E-state index contributed by atoms with van der Waals surface area (Å²) < 4.78 is 2.37. The molecule has 2 aliphatic rings. The zero-order chi connectivity index (χ0) is 22.9. The highest BCUT2D eigenvalue weighted by molar-refractivity contribution is 5.99. The molecule has 2 aromatic rings. The van der Waals surface area contributed by atoms with Gasteiger partial charge in [-0.15, -0.1) is 0 Å². The molecule has 0 atom stereocenters. The van der Waals surface area contributed by atoms with Gasteiger partial charge in [0.15, 0.2) is 12.3 Å². The molecule has 3 heteroatoms. The Hall–Kier alpha value is -2.65. The summed E-state index contributed by atoms with van der Waals surface area (Å²) in [6.07, 6.45) is 14.4. The molecule has 33 heavy (non-hydrogen) atoms. The van der Waals surface area contributed by atoms with Crippen molar-refractivity contribution in [2.24, 2.45) is 0 Å². The molecule has 174 valence electrons. The van der Waals surface area contributed by atoms with E-state index in [1.54, 1.807) is 0 Å². The highest BCUT2D eigenvalue weighted by atomic mass is 15.3. The number of hydrogen-bond acceptors (Lipinski definition) is 2. The van der Waals surface area contributed by atoms with Crippen LogP contribution in [-0.4, -0.2) is 54.5 Å². The van der Waals surface area contributed by atoms with Crippen molar-refractivity contribution in [1.29, 1.82) is 0 Å². The summed E-state index contributed by atoms with van der Waals surface area (Å²) in [5, 5.41) is 0. The van der Waals surface area contributed by atoms with Gasteiger partial charge in [0.1, 0.15) is 0 Å². The maximum absolute atomic E-state index is 3.95. The highest BCUT2D eigenvalue weighted by Crippen LogP contribution is 2.26. The van der Waals surface area contributed by atoms with E-state index in [0.29, 0.717) is 0 Å². The van der Waals surface area contributed by atoms with Crippen LogP contribution in [0.15, 0.2) is 67.3 Å². The summed E-state index contributed by atoms with van der Waals surface area (Å²) in [4.78, 5) is 5.18. The van der Waals surface area contributed by atoms with Gasteiger partial charge in [-0.1, -0.05) is 69.5 Å². The number of allylic oxidation sites excluding steroid dienone is 1. The molecule has 0 N–H and O–H groups in total. The van der Waals surface area contributed by atoms with Crippen molar-refractivity contribution in [2.45, 2.75) is 45.4 Å². The van der Waals surface area contributed by atoms with Crippen LogP contribution < -0.4 is 4.90 Å². The monoisotopic (exact) mass is 442 g/mol. The number of nitrogens with zero attached hydrogens (tertiary/aromatic N) is 3. The molecule has 4 rings (SSSR count). The lowest BCUT2D eigenvalue weighted by Gasteiger charge is -2.36. The smallest absolute Gasteiger partial charge is 0.209 e. The molecule has 0 radical (unpaired) electrons. The standard InChI is InChI=1S/C30H40N3/c1-3-5-6-7-10-20-31-21-23-32(24-22-31)28-16-13-26(14-17-28)15-18-29-25-27-11-8-9-12-30(27)33(29)19-4-2/h4,8-9,11-18H,2-3,5-7,10,19-25H2,1H3/q+1. The van der Waals surface area contributed by atoms with Gasteiger partial charge in [-0.3, -0.25) is 4.90 Å². The van der Waals surface area contributed by atoms with E-state index < -0.39 is 0 Å². The van der Waals surface area contributed by atoms with Crippen LogP contribution in [0.25, 0.3) is 6.08 Å². The number of benzene rings is 2. The second-order valence-electron chi connectivity index (χ2n) is 9.36. The molecule has 0 bridgehead atoms. The summed E-state index contributed by atoms with van der Waals surface area (Å²) in [5.41, 5.74) is 6.66. The fourth-order valence-corrected chi connectivity index (χ4v) is 5.02. The van der Waals surface area contributed by atoms with Crippen LogP contribution in [0.3, 0.4) is 0 Å². The summed E-state index contributed by atoms with van der Waals surface area (Å²) in [6, 6.07) is 17.8. The van der Waals surface area contributed by atoms with Gasteiger partial charge in [0.25, 0.3) is 0 Å². The largest absolute Gasteiger partial charge is 0.369 e. The first-order chi connectivity index (χ1) is 16.3. The van der Waals surface area contributed by atoms with Gasteiger partial charge in [0.2, 0.25) is 5.69 Å². The van der Waals surface area contributed by atoms with Gasteiger partial charge in [-0.2, -0.15) is 4.58 Å².